The van der Waals surface area contributed by atoms with E-state index in [1.165, 1.54) is 31.4 Å². The molecule has 0 spiro atoms. The number of nitrogens with one attached hydrogen (secondary N) is 1. The quantitative estimate of drug-likeness (QED) is 0.895. The zero-order valence-electron chi connectivity index (χ0n) is 10.7. The van der Waals surface area contributed by atoms with Gasteiger partial charge in [-0.05, 0) is 56.5 Å². The van der Waals surface area contributed by atoms with Gasteiger partial charge < -0.3 is 10.1 Å². The average molecular weight is 335 g/mol. The fraction of sp³-hybridized carbons (Fsp3) is 0.571. The zero-order chi connectivity index (χ0) is 12.1. The SMILES string of the molecule is Cc1cc(Br)ccc1OCCC1CCCCN1.Cl. The van der Waals surface area contributed by atoms with Gasteiger partial charge in [-0.2, -0.15) is 0 Å². The first-order valence-corrected chi connectivity index (χ1v) is 7.17. The topological polar surface area (TPSA) is 21.3 Å². The molecule has 1 heterocycles. The van der Waals surface area contributed by atoms with Crippen molar-refractivity contribution >= 4 is 28.3 Å². The molecule has 1 aromatic rings. The zero-order valence-corrected chi connectivity index (χ0v) is 13.1. The van der Waals surface area contributed by atoms with E-state index in [2.05, 4.69) is 34.2 Å². The Morgan fingerprint density at radius 3 is 2.89 bits per heavy atom. The van der Waals surface area contributed by atoms with Crippen molar-refractivity contribution in [2.45, 2.75) is 38.6 Å². The molecule has 0 radical (unpaired) electrons. The van der Waals surface area contributed by atoms with E-state index >= 15 is 0 Å². The lowest BCUT2D eigenvalue weighted by molar-refractivity contribution is 0.267. The van der Waals surface area contributed by atoms with Crippen LogP contribution in [0.15, 0.2) is 22.7 Å². The van der Waals surface area contributed by atoms with E-state index in [0.29, 0.717) is 6.04 Å². The Morgan fingerprint density at radius 1 is 1.39 bits per heavy atom. The second kappa shape index (κ2) is 8.03. The molecule has 1 atom stereocenters. The molecule has 1 fully saturated rings. The molecule has 102 valence electrons. The van der Waals surface area contributed by atoms with Crippen LogP contribution in [-0.4, -0.2) is 19.2 Å². The summed E-state index contributed by atoms with van der Waals surface area (Å²) in [5.41, 5.74) is 1.19. The van der Waals surface area contributed by atoms with Crippen LogP contribution < -0.4 is 10.1 Å². The largest absolute Gasteiger partial charge is 0.493 e. The standard InChI is InChI=1S/C14H20BrNO.ClH/c1-11-10-12(15)5-6-14(11)17-9-7-13-4-2-3-8-16-13;/h5-6,10,13,16H,2-4,7-9H2,1H3;1H. The normalized spacial score (nSPS) is 19.1. The smallest absolute Gasteiger partial charge is 0.122 e. The van der Waals surface area contributed by atoms with Crippen molar-refractivity contribution in [3.8, 4) is 5.75 Å². The van der Waals surface area contributed by atoms with E-state index in [4.69, 9.17) is 4.74 Å². The van der Waals surface area contributed by atoms with Crippen LogP contribution in [0.3, 0.4) is 0 Å². The highest BCUT2D eigenvalue weighted by atomic mass is 79.9. The van der Waals surface area contributed by atoms with Crippen molar-refractivity contribution in [2.24, 2.45) is 0 Å². The predicted octanol–water partition coefficient (Wildman–Crippen LogP) is 4.09. The van der Waals surface area contributed by atoms with E-state index < -0.39 is 0 Å². The summed E-state index contributed by atoms with van der Waals surface area (Å²) < 4.78 is 6.94. The molecule has 0 aromatic heterocycles. The number of ether oxygens (including phenoxy) is 1. The van der Waals surface area contributed by atoms with Crippen LogP contribution in [0, 0.1) is 6.92 Å². The number of hydrogen-bond donors (Lipinski definition) is 1. The van der Waals surface area contributed by atoms with E-state index in [1.54, 1.807) is 0 Å². The number of aryl methyl sites for hydroxylation is 1. The summed E-state index contributed by atoms with van der Waals surface area (Å²) in [6.45, 7) is 4.06. The van der Waals surface area contributed by atoms with E-state index in [-0.39, 0.29) is 12.4 Å². The van der Waals surface area contributed by atoms with Crippen LogP contribution in [0.25, 0.3) is 0 Å². The molecular formula is C14H21BrClNO. The van der Waals surface area contributed by atoms with Crippen LogP contribution >= 0.6 is 28.3 Å². The Kier molecular flexibility index (Phi) is 7.05. The van der Waals surface area contributed by atoms with Gasteiger partial charge in [-0.15, -0.1) is 12.4 Å². The molecule has 4 heteroatoms. The van der Waals surface area contributed by atoms with Gasteiger partial charge in [-0.3, -0.25) is 0 Å². The minimum absolute atomic E-state index is 0. The number of rotatable bonds is 4. The molecule has 1 unspecified atom stereocenters. The molecule has 1 N–H and O–H groups in total. The van der Waals surface area contributed by atoms with Crippen LogP contribution in [0.5, 0.6) is 5.75 Å². The predicted molar refractivity (Wildman–Crippen MR) is 81.9 cm³/mol. The van der Waals surface area contributed by atoms with Gasteiger partial charge in [0.25, 0.3) is 0 Å². The molecule has 0 aliphatic carbocycles. The van der Waals surface area contributed by atoms with Crippen LogP contribution in [0.2, 0.25) is 0 Å². The van der Waals surface area contributed by atoms with Crippen molar-refractivity contribution in [1.82, 2.24) is 5.32 Å². The third kappa shape index (κ3) is 4.79. The summed E-state index contributed by atoms with van der Waals surface area (Å²) in [5.74, 6) is 1.00. The molecule has 0 saturated carbocycles. The lowest BCUT2D eigenvalue weighted by Crippen LogP contribution is -2.35. The highest BCUT2D eigenvalue weighted by molar-refractivity contribution is 9.10. The Bertz CT molecular complexity index is 367. The number of piperidine rings is 1. The second-order valence-corrected chi connectivity index (χ2v) is 5.61. The van der Waals surface area contributed by atoms with Gasteiger partial charge in [0.05, 0.1) is 6.61 Å². The second-order valence-electron chi connectivity index (χ2n) is 4.69. The lowest BCUT2D eigenvalue weighted by atomic mass is 10.0. The Balaban J connectivity index is 0.00000162. The third-order valence-electron chi connectivity index (χ3n) is 3.27. The third-order valence-corrected chi connectivity index (χ3v) is 3.77. The minimum Gasteiger partial charge on any atom is -0.493 e. The van der Waals surface area contributed by atoms with Crippen LogP contribution in [-0.2, 0) is 0 Å². The van der Waals surface area contributed by atoms with Gasteiger partial charge >= 0.3 is 0 Å². The first-order chi connectivity index (χ1) is 8.25. The maximum Gasteiger partial charge on any atom is 0.122 e. The molecule has 18 heavy (non-hydrogen) atoms. The summed E-state index contributed by atoms with van der Waals surface area (Å²) >= 11 is 3.46. The van der Waals surface area contributed by atoms with Gasteiger partial charge in [0, 0.05) is 10.5 Å². The van der Waals surface area contributed by atoms with Gasteiger partial charge in [-0.1, -0.05) is 22.4 Å². The van der Waals surface area contributed by atoms with Crippen molar-refractivity contribution < 1.29 is 4.74 Å². The maximum atomic E-state index is 5.83. The Morgan fingerprint density at radius 2 is 2.22 bits per heavy atom. The Labute approximate surface area is 124 Å². The summed E-state index contributed by atoms with van der Waals surface area (Å²) in [6, 6.07) is 6.81. The molecule has 2 nitrogen and oxygen atoms in total. The van der Waals surface area contributed by atoms with Crippen LogP contribution in [0.1, 0.15) is 31.2 Å². The first-order valence-electron chi connectivity index (χ1n) is 6.38. The first kappa shape index (κ1) is 15.8. The van der Waals surface area contributed by atoms with E-state index in [1.807, 2.05) is 12.1 Å². The molecule has 0 bridgehead atoms. The molecule has 1 aromatic carbocycles. The summed E-state index contributed by atoms with van der Waals surface area (Å²) in [4.78, 5) is 0. The fourth-order valence-electron chi connectivity index (χ4n) is 2.26. The molecule has 2 rings (SSSR count). The van der Waals surface area contributed by atoms with E-state index in [0.717, 1.165) is 23.2 Å². The maximum absolute atomic E-state index is 5.83. The highest BCUT2D eigenvalue weighted by Crippen LogP contribution is 2.22. The molecule has 1 aliphatic rings. The number of hydrogen-bond acceptors (Lipinski definition) is 2. The molecule has 1 aliphatic heterocycles. The number of halogens is 2. The summed E-state index contributed by atoms with van der Waals surface area (Å²) in [6.07, 6.45) is 5.08. The van der Waals surface area contributed by atoms with Crippen molar-refractivity contribution in [1.29, 1.82) is 0 Å². The van der Waals surface area contributed by atoms with Gasteiger partial charge in [0.15, 0.2) is 0 Å². The number of benzene rings is 1. The monoisotopic (exact) mass is 333 g/mol. The van der Waals surface area contributed by atoms with Gasteiger partial charge in [0.1, 0.15) is 5.75 Å². The molecule has 1 saturated heterocycles. The molecular weight excluding hydrogens is 314 g/mol. The summed E-state index contributed by atoms with van der Waals surface area (Å²) in [5, 5.41) is 3.54. The van der Waals surface area contributed by atoms with Crippen LogP contribution in [0.4, 0.5) is 0 Å². The van der Waals surface area contributed by atoms with Crippen molar-refractivity contribution in [2.75, 3.05) is 13.2 Å². The lowest BCUT2D eigenvalue weighted by Gasteiger charge is -2.23. The van der Waals surface area contributed by atoms with Crippen molar-refractivity contribution in [3.05, 3.63) is 28.2 Å². The average Bonchev–Trinajstić information content (AvgIpc) is 2.33. The minimum atomic E-state index is 0. The molecule has 0 amide bonds. The summed E-state index contributed by atoms with van der Waals surface area (Å²) in [7, 11) is 0. The highest BCUT2D eigenvalue weighted by Gasteiger charge is 2.12. The van der Waals surface area contributed by atoms with E-state index in [9.17, 15) is 0 Å². The Hall–Kier alpha value is -0.250. The van der Waals surface area contributed by atoms with Crippen molar-refractivity contribution in [3.63, 3.8) is 0 Å². The van der Waals surface area contributed by atoms with Gasteiger partial charge in [0.2, 0.25) is 0 Å². The van der Waals surface area contributed by atoms with Gasteiger partial charge in [-0.25, -0.2) is 0 Å². The fourth-order valence-corrected chi connectivity index (χ4v) is 2.73.